The molecule has 0 aliphatic rings. The van der Waals surface area contributed by atoms with Crippen LogP contribution in [-0.2, 0) is 10.1 Å². The molecule has 2 atom stereocenters. The molecule has 29 heavy (non-hydrogen) atoms. The Bertz CT molecular complexity index is 429. The van der Waals surface area contributed by atoms with Gasteiger partial charge in [0, 0.05) is 0 Å². The normalized spacial score (nSPS) is 13.8. The van der Waals surface area contributed by atoms with E-state index in [0.717, 1.165) is 38.5 Å². The smallest absolute Gasteiger partial charge is 0.748 e. The van der Waals surface area contributed by atoms with Crippen LogP contribution in [0.3, 0.4) is 0 Å². The van der Waals surface area contributed by atoms with E-state index in [2.05, 4.69) is 13.8 Å². The Morgan fingerprint density at radius 3 is 1.41 bits per heavy atom. The van der Waals surface area contributed by atoms with Gasteiger partial charge in [0.15, 0.2) is 0 Å². The maximum Gasteiger partial charge on any atom is 1.00 e. The molecule has 0 aromatic heterocycles. The summed E-state index contributed by atoms with van der Waals surface area (Å²) in [5, 5.41) is 9.09. The molecule has 0 aliphatic carbocycles. The van der Waals surface area contributed by atoms with Crippen LogP contribution >= 0.6 is 0 Å². The first kappa shape index (κ1) is 32.7. The third-order valence-corrected chi connectivity index (χ3v) is 6.96. The number of rotatable bonds is 21. The molecule has 170 valence electrons. The minimum Gasteiger partial charge on any atom is -0.748 e. The van der Waals surface area contributed by atoms with Gasteiger partial charge in [-0.3, -0.25) is 0 Å². The zero-order chi connectivity index (χ0) is 21.1. The van der Waals surface area contributed by atoms with Gasteiger partial charge in [-0.1, -0.05) is 117 Å². The van der Waals surface area contributed by atoms with Gasteiger partial charge in [-0.25, -0.2) is 8.42 Å². The molecule has 0 radical (unpaired) electrons. The fourth-order valence-corrected chi connectivity index (χ4v) is 4.73. The maximum absolute atomic E-state index is 11.5. The molecule has 4 nitrogen and oxygen atoms in total. The average molecular weight is 459 g/mol. The number of unbranched alkanes of at least 4 members (excludes halogenated alkanes) is 14. The van der Waals surface area contributed by atoms with Crippen LogP contribution in [0.1, 0.15) is 136 Å². The summed E-state index contributed by atoms with van der Waals surface area (Å²) in [5.74, 6) is 0. The van der Waals surface area contributed by atoms with Gasteiger partial charge in [0.05, 0.1) is 21.5 Å². The molecule has 0 heterocycles. The first-order valence-corrected chi connectivity index (χ1v) is 13.5. The van der Waals surface area contributed by atoms with E-state index in [4.69, 9.17) is 0 Å². The monoisotopic (exact) mass is 458 g/mol. The van der Waals surface area contributed by atoms with Crippen LogP contribution in [0.4, 0.5) is 0 Å². The van der Waals surface area contributed by atoms with Crippen molar-refractivity contribution in [1.82, 2.24) is 0 Å². The predicted octanol–water partition coefficient (Wildman–Crippen LogP) is 3.72. The summed E-state index contributed by atoms with van der Waals surface area (Å²) in [6, 6.07) is 0. The zero-order valence-corrected chi connectivity index (χ0v) is 23.6. The fourth-order valence-electron chi connectivity index (χ4n) is 3.82. The Hall–Kier alpha value is 1.51. The second kappa shape index (κ2) is 22.7. The van der Waals surface area contributed by atoms with Gasteiger partial charge in [0.1, 0.15) is 0 Å². The molecule has 0 saturated heterocycles. The summed E-state index contributed by atoms with van der Waals surface area (Å²) in [4.78, 5) is 0. The first-order valence-electron chi connectivity index (χ1n) is 12.0. The number of aliphatic hydroxyl groups is 1. The van der Waals surface area contributed by atoms with E-state index in [1.54, 1.807) is 0 Å². The summed E-state index contributed by atoms with van der Waals surface area (Å²) in [6.07, 6.45) is 19.5. The van der Waals surface area contributed by atoms with Crippen LogP contribution in [-0.4, -0.2) is 29.4 Å². The molecule has 0 aromatic rings. The van der Waals surface area contributed by atoms with Crippen LogP contribution < -0.4 is 51.4 Å². The van der Waals surface area contributed by atoms with E-state index in [0.29, 0.717) is 12.8 Å². The minimum atomic E-state index is -4.32. The van der Waals surface area contributed by atoms with Gasteiger partial charge >= 0.3 is 51.4 Å². The summed E-state index contributed by atoms with van der Waals surface area (Å²) in [7, 11) is -4.32. The minimum absolute atomic E-state index is 0. The number of hydrogen-bond donors (Lipinski definition) is 1. The largest absolute Gasteiger partial charge is 1.00 e. The Morgan fingerprint density at radius 1 is 0.655 bits per heavy atom. The van der Waals surface area contributed by atoms with Crippen molar-refractivity contribution in [1.29, 1.82) is 0 Å². The summed E-state index contributed by atoms with van der Waals surface area (Å²) < 4.78 is 34.4. The van der Waals surface area contributed by atoms with Crippen LogP contribution in [0.2, 0.25) is 0 Å². The van der Waals surface area contributed by atoms with E-state index in [1.807, 2.05) is 0 Å². The molecular weight excluding hydrogens is 411 g/mol. The van der Waals surface area contributed by atoms with Crippen LogP contribution in [0.25, 0.3) is 0 Å². The SMILES string of the molecule is CCCCCCCCCCCCCCCC(CC(O)CCCCC)S(=O)(=O)[O-].[K+]. The summed E-state index contributed by atoms with van der Waals surface area (Å²) in [6.45, 7) is 4.34. The van der Waals surface area contributed by atoms with Crippen molar-refractivity contribution in [3.05, 3.63) is 0 Å². The van der Waals surface area contributed by atoms with Crippen molar-refractivity contribution in [2.45, 2.75) is 147 Å². The molecule has 0 rings (SSSR count). The van der Waals surface area contributed by atoms with Crippen LogP contribution in [0.5, 0.6) is 0 Å². The fraction of sp³-hybridized carbons (Fsp3) is 1.00. The van der Waals surface area contributed by atoms with Crippen molar-refractivity contribution < 1.29 is 69.5 Å². The van der Waals surface area contributed by atoms with Crippen molar-refractivity contribution in [3.63, 3.8) is 0 Å². The van der Waals surface area contributed by atoms with E-state index in [1.165, 1.54) is 64.2 Å². The van der Waals surface area contributed by atoms with E-state index in [9.17, 15) is 18.1 Å². The number of aliphatic hydroxyl groups excluding tert-OH is 1. The molecule has 0 bridgehead atoms. The van der Waals surface area contributed by atoms with Crippen molar-refractivity contribution in [3.8, 4) is 0 Å². The van der Waals surface area contributed by atoms with Crippen molar-refractivity contribution >= 4 is 10.1 Å². The van der Waals surface area contributed by atoms with Gasteiger partial charge in [0.25, 0.3) is 0 Å². The van der Waals surface area contributed by atoms with Crippen molar-refractivity contribution in [2.75, 3.05) is 0 Å². The second-order valence-electron chi connectivity index (χ2n) is 8.53. The van der Waals surface area contributed by atoms with E-state index >= 15 is 0 Å². The first-order chi connectivity index (χ1) is 13.4. The zero-order valence-electron chi connectivity index (χ0n) is 19.7. The molecule has 6 heteroatoms. The molecule has 0 spiro atoms. The van der Waals surface area contributed by atoms with Gasteiger partial charge in [-0.15, -0.1) is 0 Å². The summed E-state index contributed by atoms with van der Waals surface area (Å²) >= 11 is 0. The predicted molar refractivity (Wildman–Crippen MR) is 119 cm³/mol. The molecule has 0 aliphatic heterocycles. The molecule has 0 aromatic carbocycles. The Morgan fingerprint density at radius 2 is 1.00 bits per heavy atom. The Kier molecular flexibility index (Phi) is 25.6. The van der Waals surface area contributed by atoms with Gasteiger partial charge in [-0.05, 0) is 19.3 Å². The maximum atomic E-state index is 11.5. The van der Waals surface area contributed by atoms with Crippen LogP contribution in [0, 0.1) is 0 Å². The molecule has 2 unspecified atom stereocenters. The molecule has 0 amide bonds. The van der Waals surface area contributed by atoms with Gasteiger partial charge in [0.2, 0.25) is 0 Å². The van der Waals surface area contributed by atoms with Crippen LogP contribution in [0.15, 0.2) is 0 Å². The quantitative estimate of drug-likeness (QED) is 0.162. The molecule has 1 N–H and O–H groups in total. The molecular formula is C23H47KO4S. The third kappa shape index (κ3) is 22.5. The van der Waals surface area contributed by atoms with Crippen molar-refractivity contribution in [2.24, 2.45) is 0 Å². The van der Waals surface area contributed by atoms with E-state index < -0.39 is 21.5 Å². The third-order valence-electron chi connectivity index (χ3n) is 5.71. The molecule has 0 fully saturated rings. The average Bonchev–Trinajstić information content (AvgIpc) is 2.64. The van der Waals surface area contributed by atoms with Gasteiger partial charge < -0.3 is 9.66 Å². The Balaban J connectivity index is 0. The topological polar surface area (TPSA) is 77.4 Å². The van der Waals surface area contributed by atoms with Gasteiger partial charge in [-0.2, -0.15) is 0 Å². The standard InChI is InChI=1S/C23H48O4S.K/c1-3-5-7-8-9-10-11-12-13-14-15-16-18-20-23(28(25,26)27)21-22(24)19-17-6-4-2;/h22-24H,3-21H2,1-2H3,(H,25,26,27);/q;+1/p-1. The Labute approximate surface area is 224 Å². The van der Waals surface area contributed by atoms with E-state index in [-0.39, 0.29) is 57.8 Å². The molecule has 0 saturated carbocycles. The number of hydrogen-bond acceptors (Lipinski definition) is 4. The summed E-state index contributed by atoms with van der Waals surface area (Å²) in [5.41, 5.74) is 0. The second-order valence-corrected chi connectivity index (χ2v) is 10.2.